The first-order valence-corrected chi connectivity index (χ1v) is 6.78. The Kier molecular flexibility index (Phi) is 5.31. The summed E-state index contributed by atoms with van der Waals surface area (Å²) in [6, 6.07) is 11.6. The molecule has 2 aromatic rings. The number of nitrogens with one attached hydrogen (secondary N) is 1. The minimum atomic E-state index is -0.481. The zero-order chi connectivity index (χ0) is 15.2. The molecule has 21 heavy (non-hydrogen) atoms. The smallest absolute Gasteiger partial charge is 0.228 e. The second kappa shape index (κ2) is 7.20. The summed E-state index contributed by atoms with van der Waals surface area (Å²) >= 11 is 5.68. The van der Waals surface area contributed by atoms with Gasteiger partial charge >= 0.3 is 0 Å². The summed E-state index contributed by atoms with van der Waals surface area (Å²) in [5.41, 5.74) is 1.92. The van der Waals surface area contributed by atoms with Gasteiger partial charge < -0.3 is 10.1 Å². The zero-order valence-corrected chi connectivity index (χ0v) is 12.3. The van der Waals surface area contributed by atoms with Crippen LogP contribution in [0.1, 0.15) is 11.1 Å². The van der Waals surface area contributed by atoms with Gasteiger partial charge in [0.05, 0.1) is 13.0 Å². The van der Waals surface area contributed by atoms with Gasteiger partial charge in [-0.2, -0.15) is 0 Å². The molecule has 0 aliphatic carbocycles. The van der Waals surface area contributed by atoms with Gasteiger partial charge in [-0.15, -0.1) is 0 Å². The topological polar surface area (TPSA) is 38.3 Å². The van der Waals surface area contributed by atoms with Gasteiger partial charge in [0.2, 0.25) is 5.91 Å². The van der Waals surface area contributed by atoms with Gasteiger partial charge in [-0.25, -0.2) is 4.39 Å². The van der Waals surface area contributed by atoms with E-state index in [0.29, 0.717) is 22.9 Å². The van der Waals surface area contributed by atoms with Crippen molar-refractivity contribution in [3.63, 3.8) is 0 Å². The van der Waals surface area contributed by atoms with Gasteiger partial charge in [0.15, 0.2) is 0 Å². The molecule has 0 aliphatic rings. The van der Waals surface area contributed by atoms with E-state index in [1.165, 1.54) is 12.1 Å². The first-order chi connectivity index (χ1) is 10.1. The Morgan fingerprint density at radius 2 is 2.10 bits per heavy atom. The van der Waals surface area contributed by atoms with E-state index in [4.69, 9.17) is 16.3 Å². The van der Waals surface area contributed by atoms with E-state index in [9.17, 15) is 9.18 Å². The number of ether oxygens (including phenoxy) is 1. The Hall–Kier alpha value is -1.91. The molecule has 1 N–H and O–H groups in total. The van der Waals surface area contributed by atoms with Crippen molar-refractivity contribution in [2.75, 3.05) is 12.4 Å². The van der Waals surface area contributed by atoms with E-state index >= 15 is 0 Å². The molecule has 0 fully saturated rings. The first kappa shape index (κ1) is 15.5. The Balaban J connectivity index is 2.02. The zero-order valence-electron chi connectivity index (χ0n) is 11.5. The molecule has 2 aromatic carbocycles. The molecule has 0 radical (unpaired) electrons. The summed E-state index contributed by atoms with van der Waals surface area (Å²) in [5.74, 6) is -0.767. The predicted molar refractivity (Wildman–Crippen MR) is 80.9 cm³/mol. The number of carbonyl (C=O) groups excluding carboxylic acids is 1. The van der Waals surface area contributed by atoms with Crippen molar-refractivity contribution in [3.8, 4) is 0 Å². The average Bonchev–Trinajstić information content (AvgIpc) is 2.43. The maximum absolute atomic E-state index is 13.6. The van der Waals surface area contributed by atoms with Crippen LogP contribution in [-0.4, -0.2) is 13.0 Å². The maximum Gasteiger partial charge on any atom is 0.228 e. The summed E-state index contributed by atoms with van der Waals surface area (Å²) in [6.07, 6.45) is -0.0441. The fourth-order valence-electron chi connectivity index (χ4n) is 1.95. The number of anilines is 1. The Bertz CT molecular complexity index is 646. The molecular formula is C16H15ClFNO2. The minimum absolute atomic E-state index is 0.0441. The molecule has 5 heteroatoms. The highest BCUT2D eigenvalue weighted by Crippen LogP contribution is 2.16. The Morgan fingerprint density at radius 1 is 1.29 bits per heavy atom. The molecule has 2 rings (SSSR count). The lowest BCUT2D eigenvalue weighted by atomic mass is 10.1. The summed E-state index contributed by atoms with van der Waals surface area (Å²) in [4.78, 5) is 11.9. The van der Waals surface area contributed by atoms with Crippen molar-refractivity contribution in [2.24, 2.45) is 0 Å². The van der Waals surface area contributed by atoms with Gasteiger partial charge in [0.1, 0.15) is 5.82 Å². The summed E-state index contributed by atoms with van der Waals surface area (Å²) < 4.78 is 18.7. The van der Waals surface area contributed by atoms with Crippen molar-refractivity contribution in [1.82, 2.24) is 0 Å². The molecule has 0 aromatic heterocycles. The largest absolute Gasteiger partial charge is 0.380 e. The van der Waals surface area contributed by atoms with Crippen LogP contribution in [0.25, 0.3) is 0 Å². The van der Waals surface area contributed by atoms with E-state index < -0.39 is 5.82 Å². The molecule has 0 atom stereocenters. The number of carbonyl (C=O) groups is 1. The fraction of sp³-hybridized carbons (Fsp3) is 0.188. The average molecular weight is 308 g/mol. The van der Waals surface area contributed by atoms with E-state index in [-0.39, 0.29) is 12.3 Å². The molecule has 1 amide bonds. The lowest BCUT2D eigenvalue weighted by Gasteiger charge is -2.08. The maximum atomic E-state index is 13.6. The molecule has 0 aliphatic heterocycles. The monoisotopic (exact) mass is 307 g/mol. The Morgan fingerprint density at radius 3 is 2.81 bits per heavy atom. The highest BCUT2D eigenvalue weighted by molar-refractivity contribution is 6.30. The third kappa shape index (κ3) is 4.55. The van der Waals surface area contributed by atoms with Crippen LogP contribution in [0.5, 0.6) is 0 Å². The molecule has 0 unspecified atom stereocenters. The van der Waals surface area contributed by atoms with Crippen LogP contribution >= 0.6 is 11.6 Å². The summed E-state index contributed by atoms with van der Waals surface area (Å²) in [5, 5.41) is 3.05. The fourth-order valence-corrected chi connectivity index (χ4v) is 2.11. The van der Waals surface area contributed by atoms with Gasteiger partial charge in [-0.3, -0.25) is 4.79 Å². The lowest BCUT2D eigenvalue weighted by molar-refractivity contribution is -0.115. The molecule has 0 bridgehead atoms. The first-order valence-electron chi connectivity index (χ1n) is 6.40. The molecule has 0 saturated carbocycles. The van der Waals surface area contributed by atoms with Crippen LogP contribution in [0.2, 0.25) is 5.02 Å². The number of hydrogen-bond acceptors (Lipinski definition) is 2. The van der Waals surface area contributed by atoms with Crippen LogP contribution < -0.4 is 5.32 Å². The van der Waals surface area contributed by atoms with Crippen LogP contribution in [0, 0.1) is 5.82 Å². The second-order valence-electron chi connectivity index (χ2n) is 4.59. The van der Waals surface area contributed by atoms with Crippen LogP contribution in [0.4, 0.5) is 10.1 Å². The summed E-state index contributed by atoms with van der Waals surface area (Å²) in [7, 11) is 1.61. The molecule has 0 spiro atoms. The van der Waals surface area contributed by atoms with Crippen LogP contribution in [0.3, 0.4) is 0 Å². The molecule has 0 heterocycles. The number of methoxy groups -OCH3 is 1. The highest BCUT2D eigenvalue weighted by Gasteiger charge is 2.09. The van der Waals surface area contributed by atoms with Crippen molar-refractivity contribution in [2.45, 2.75) is 13.0 Å². The number of rotatable bonds is 5. The van der Waals surface area contributed by atoms with E-state index in [1.54, 1.807) is 19.2 Å². The van der Waals surface area contributed by atoms with Gasteiger partial charge in [-0.1, -0.05) is 29.8 Å². The Labute approximate surface area is 127 Å². The van der Waals surface area contributed by atoms with Crippen LogP contribution in [-0.2, 0) is 22.6 Å². The third-order valence-corrected chi connectivity index (χ3v) is 3.12. The number of halogens is 2. The number of hydrogen-bond donors (Lipinski definition) is 1. The lowest BCUT2D eigenvalue weighted by Crippen LogP contribution is -2.15. The number of benzene rings is 2. The van der Waals surface area contributed by atoms with Gasteiger partial charge in [0, 0.05) is 17.8 Å². The van der Waals surface area contributed by atoms with Gasteiger partial charge in [-0.05, 0) is 35.4 Å². The van der Waals surface area contributed by atoms with E-state index in [2.05, 4.69) is 5.32 Å². The van der Waals surface area contributed by atoms with Crippen molar-refractivity contribution in [1.29, 1.82) is 0 Å². The normalized spacial score (nSPS) is 10.4. The van der Waals surface area contributed by atoms with Crippen molar-refractivity contribution < 1.29 is 13.9 Å². The van der Waals surface area contributed by atoms with Crippen LogP contribution in [0.15, 0.2) is 42.5 Å². The van der Waals surface area contributed by atoms with Crippen molar-refractivity contribution in [3.05, 3.63) is 64.4 Å². The highest BCUT2D eigenvalue weighted by atomic mass is 35.5. The predicted octanol–water partition coefficient (Wildman–Crippen LogP) is 3.81. The second-order valence-corrected chi connectivity index (χ2v) is 5.03. The number of amides is 1. The molecule has 0 saturated heterocycles. The minimum Gasteiger partial charge on any atom is -0.380 e. The van der Waals surface area contributed by atoms with Gasteiger partial charge in [0.25, 0.3) is 0 Å². The van der Waals surface area contributed by atoms with Crippen molar-refractivity contribution >= 4 is 23.2 Å². The molecule has 110 valence electrons. The third-order valence-electron chi connectivity index (χ3n) is 2.89. The molecule has 3 nitrogen and oxygen atoms in total. The standard InChI is InChI=1S/C16H15ClFNO2/c1-21-10-11-3-2-4-14(7-11)19-16(20)8-12-5-6-13(17)9-15(12)18/h2-7,9H,8,10H2,1H3,(H,19,20). The quantitative estimate of drug-likeness (QED) is 0.912. The SMILES string of the molecule is COCc1cccc(NC(=O)Cc2ccc(Cl)cc2F)c1. The van der Waals surface area contributed by atoms with E-state index in [1.807, 2.05) is 18.2 Å². The molecular weight excluding hydrogens is 293 g/mol. The summed E-state index contributed by atoms with van der Waals surface area (Å²) in [6.45, 7) is 0.468. The van der Waals surface area contributed by atoms with E-state index in [0.717, 1.165) is 5.56 Å².